The highest BCUT2D eigenvalue weighted by atomic mass is 19.2. The maximum Gasteiger partial charge on any atom is 0.405 e. The molecule has 164 valence electrons. The van der Waals surface area contributed by atoms with E-state index in [0.29, 0.717) is 6.07 Å². The zero-order chi connectivity index (χ0) is 22.3. The lowest BCUT2D eigenvalue weighted by Crippen LogP contribution is -2.58. The van der Waals surface area contributed by atoms with Gasteiger partial charge >= 0.3 is 6.09 Å². The van der Waals surface area contributed by atoms with E-state index in [2.05, 4.69) is 11.2 Å². The molecule has 2 rings (SSSR count). The van der Waals surface area contributed by atoms with Gasteiger partial charge in [-0.15, -0.1) is 6.42 Å². The summed E-state index contributed by atoms with van der Waals surface area (Å²) < 4.78 is 52.9. The lowest BCUT2D eigenvalue weighted by Gasteiger charge is -2.43. The van der Waals surface area contributed by atoms with Crippen molar-refractivity contribution < 1.29 is 37.3 Å². The molecule has 7 nitrogen and oxygen atoms in total. The molecule has 0 aliphatic carbocycles. The number of likely N-dealkylation sites (tertiary alicyclic amines) is 1. The molecule has 1 heterocycles. The Kier molecular flexibility index (Phi) is 8.50. The van der Waals surface area contributed by atoms with Crippen molar-refractivity contribution >= 4 is 12.0 Å². The number of nitrogens with zero attached hydrogens (tertiary/aromatic N) is 1. The SMILES string of the molecule is C#CCOCCOCCN1C(=O)C(NC(=O)O)CC(c2c(F)ccc(F)c2F)C1C. The standard InChI is InChI=1S/C20H23F3N2O5/c1-3-7-29-9-10-30-8-6-25-12(2)13(11-16(19(25)26)24-20(27)28)17-14(21)4-5-15(22)18(17)23/h1,4-5,12-13,16,24H,6-11H2,2H3,(H,27,28). The van der Waals surface area contributed by atoms with E-state index in [4.69, 9.17) is 21.0 Å². The Bertz CT molecular complexity index is 814. The number of ether oxygens (including phenoxy) is 2. The number of piperidine rings is 1. The molecule has 1 aliphatic heterocycles. The number of benzene rings is 1. The van der Waals surface area contributed by atoms with Crippen LogP contribution in [0.2, 0.25) is 0 Å². The summed E-state index contributed by atoms with van der Waals surface area (Å²) in [5.74, 6) is -2.75. The quantitative estimate of drug-likeness (QED) is 0.357. The molecular formula is C20H23F3N2O5. The first-order chi connectivity index (χ1) is 14.3. The van der Waals surface area contributed by atoms with Gasteiger partial charge in [0.1, 0.15) is 18.5 Å². The fourth-order valence-corrected chi connectivity index (χ4v) is 3.51. The number of hydrogen-bond donors (Lipinski definition) is 2. The molecule has 2 amide bonds. The highest BCUT2D eigenvalue weighted by Gasteiger charge is 2.42. The van der Waals surface area contributed by atoms with Crippen molar-refractivity contribution in [2.75, 3.05) is 33.0 Å². The van der Waals surface area contributed by atoms with E-state index in [0.717, 1.165) is 6.07 Å². The molecule has 1 aliphatic rings. The van der Waals surface area contributed by atoms with Crippen LogP contribution in [-0.2, 0) is 14.3 Å². The van der Waals surface area contributed by atoms with Crippen LogP contribution in [0.15, 0.2) is 12.1 Å². The second kappa shape index (κ2) is 10.8. The van der Waals surface area contributed by atoms with Gasteiger partial charge in [-0.3, -0.25) is 4.79 Å². The third kappa shape index (κ3) is 5.64. The van der Waals surface area contributed by atoms with Crippen molar-refractivity contribution in [3.63, 3.8) is 0 Å². The minimum atomic E-state index is -1.45. The number of rotatable bonds is 9. The minimum absolute atomic E-state index is 0.0436. The molecule has 0 bridgehead atoms. The van der Waals surface area contributed by atoms with E-state index in [1.807, 2.05) is 0 Å². The molecule has 10 heteroatoms. The summed E-state index contributed by atoms with van der Waals surface area (Å²) in [7, 11) is 0. The summed E-state index contributed by atoms with van der Waals surface area (Å²) in [6.07, 6.45) is 3.39. The van der Waals surface area contributed by atoms with Crippen LogP contribution in [0.3, 0.4) is 0 Å². The van der Waals surface area contributed by atoms with Gasteiger partial charge in [-0.25, -0.2) is 18.0 Å². The van der Waals surface area contributed by atoms with Crippen molar-refractivity contribution in [2.45, 2.75) is 31.3 Å². The Hall–Kier alpha value is -2.77. The zero-order valence-corrected chi connectivity index (χ0v) is 16.4. The van der Waals surface area contributed by atoms with Gasteiger partial charge in [0.2, 0.25) is 5.91 Å². The number of terminal acetylenes is 1. The zero-order valence-electron chi connectivity index (χ0n) is 16.4. The second-order valence-corrected chi connectivity index (χ2v) is 6.74. The largest absolute Gasteiger partial charge is 0.465 e. The maximum absolute atomic E-state index is 14.4. The fraction of sp³-hybridized carbons (Fsp3) is 0.500. The molecule has 0 spiro atoms. The van der Waals surface area contributed by atoms with E-state index in [1.54, 1.807) is 6.92 Å². The van der Waals surface area contributed by atoms with Gasteiger partial charge < -0.3 is 24.8 Å². The van der Waals surface area contributed by atoms with E-state index in [9.17, 15) is 22.8 Å². The monoisotopic (exact) mass is 428 g/mol. The van der Waals surface area contributed by atoms with Crippen LogP contribution in [0.5, 0.6) is 0 Å². The van der Waals surface area contributed by atoms with Gasteiger partial charge in [-0.05, 0) is 25.5 Å². The smallest absolute Gasteiger partial charge is 0.405 e. The molecular weight excluding hydrogens is 405 g/mol. The Morgan fingerprint density at radius 3 is 2.60 bits per heavy atom. The lowest BCUT2D eigenvalue weighted by molar-refractivity contribution is -0.140. The average molecular weight is 428 g/mol. The van der Waals surface area contributed by atoms with Crippen LogP contribution in [-0.4, -0.2) is 67.1 Å². The van der Waals surface area contributed by atoms with Crippen LogP contribution in [0.4, 0.5) is 18.0 Å². The number of amides is 2. The number of halogens is 3. The second-order valence-electron chi connectivity index (χ2n) is 6.74. The molecule has 1 aromatic carbocycles. The third-order valence-electron chi connectivity index (χ3n) is 4.93. The van der Waals surface area contributed by atoms with Crippen LogP contribution in [0.1, 0.15) is 24.8 Å². The molecule has 1 saturated heterocycles. The van der Waals surface area contributed by atoms with Crippen LogP contribution < -0.4 is 5.32 Å². The van der Waals surface area contributed by atoms with Gasteiger partial charge in [0.05, 0.1) is 19.8 Å². The van der Waals surface area contributed by atoms with E-state index in [1.165, 1.54) is 4.90 Å². The summed E-state index contributed by atoms with van der Waals surface area (Å²) >= 11 is 0. The summed E-state index contributed by atoms with van der Waals surface area (Å²) in [4.78, 5) is 25.1. The van der Waals surface area contributed by atoms with E-state index < -0.39 is 53.0 Å². The predicted octanol–water partition coefficient (Wildman–Crippen LogP) is 2.11. The molecule has 30 heavy (non-hydrogen) atoms. The van der Waals surface area contributed by atoms with Crippen molar-refractivity contribution in [3.8, 4) is 12.3 Å². The molecule has 2 N–H and O–H groups in total. The summed E-state index contributed by atoms with van der Waals surface area (Å²) in [5.41, 5.74) is -0.513. The highest BCUT2D eigenvalue weighted by Crippen LogP contribution is 2.36. The fourth-order valence-electron chi connectivity index (χ4n) is 3.51. The van der Waals surface area contributed by atoms with Crippen molar-refractivity contribution in [3.05, 3.63) is 35.1 Å². The third-order valence-corrected chi connectivity index (χ3v) is 4.93. The number of hydrogen-bond acceptors (Lipinski definition) is 4. The van der Waals surface area contributed by atoms with E-state index in [-0.39, 0.29) is 39.4 Å². The van der Waals surface area contributed by atoms with E-state index >= 15 is 0 Å². The summed E-state index contributed by atoms with van der Waals surface area (Å²) in [6.45, 7) is 2.29. The molecule has 1 aromatic rings. The van der Waals surface area contributed by atoms with Crippen LogP contribution in [0, 0.1) is 29.8 Å². The normalized spacial score (nSPS) is 21.4. The first-order valence-electron chi connectivity index (χ1n) is 9.30. The van der Waals surface area contributed by atoms with Crippen LogP contribution in [0.25, 0.3) is 0 Å². The molecule has 1 fully saturated rings. The Morgan fingerprint density at radius 2 is 1.93 bits per heavy atom. The number of nitrogens with one attached hydrogen (secondary N) is 1. The molecule has 3 atom stereocenters. The van der Waals surface area contributed by atoms with Crippen molar-refractivity contribution in [1.82, 2.24) is 10.2 Å². The summed E-state index contributed by atoms with van der Waals surface area (Å²) in [5, 5.41) is 11.1. The number of carbonyl (C=O) groups is 2. The maximum atomic E-state index is 14.4. The first kappa shape index (κ1) is 23.5. The number of carboxylic acid groups (broad SMARTS) is 1. The van der Waals surface area contributed by atoms with Gasteiger partial charge in [-0.1, -0.05) is 5.92 Å². The number of carbonyl (C=O) groups excluding carboxylic acids is 1. The first-order valence-corrected chi connectivity index (χ1v) is 9.30. The predicted molar refractivity (Wildman–Crippen MR) is 100 cm³/mol. The van der Waals surface area contributed by atoms with Gasteiger partial charge in [-0.2, -0.15) is 0 Å². The Morgan fingerprint density at radius 1 is 1.27 bits per heavy atom. The van der Waals surface area contributed by atoms with Gasteiger partial charge in [0, 0.05) is 24.1 Å². The van der Waals surface area contributed by atoms with Crippen molar-refractivity contribution in [1.29, 1.82) is 0 Å². The molecule has 0 radical (unpaired) electrons. The Balaban J connectivity index is 2.17. The molecule has 0 saturated carbocycles. The average Bonchev–Trinajstić information content (AvgIpc) is 2.69. The molecule has 0 aromatic heterocycles. The highest BCUT2D eigenvalue weighted by molar-refractivity contribution is 5.86. The summed E-state index contributed by atoms with van der Waals surface area (Å²) in [6, 6.07) is -0.477. The Labute approximate surface area is 172 Å². The van der Waals surface area contributed by atoms with Crippen molar-refractivity contribution in [2.24, 2.45) is 0 Å². The topological polar surface area (TPSA) is 88.1 Å². The lowest BCUT2D eigenvalue weighted by atomic mass is 9.81. The van der Waals surface area contributed by atoms with Crippen LogP contribution >= 0.6 is 0 Å². The van der Waals surface area contributed by atoms with Gasteiger partial charge in [0.15, 0.2) is 11.6 Å². The molecule has 3 unspecified atom stereocenters. The van der Waals surface area contributed by atoms with Gasteiger partial charge in [0.25, 0.3) is 0 Å². The minimum Gasteiger partial charge on any atom is -0.465 e.